The first kappa shape index (κ1) is 12.9. The SMILES string of the molecule is Cc1cc([N+](=O)[O-])ccc1-c1ccc(CNC2CC2)o1. The molecule has 5 nitrogen and oxygen atoms in total. The molecule has 0 amide bonds. The summed E-state index contributed by atoms with van der Waals surface area (Å²) in [5, 5.41) is 14.1. The van der Waals surface area contributed by atoms with Crippen LogP contribution in [-0.4, -0.2) is 11.0 Å². The van der Waals surface area contributed by atoms with Crippen molar-refractivity contribution in [3.05, 3.63) is 51.8 Å². The van der Waals surface area contributed by atoms with E-state index in [9.17, 15) is 10.1 Å². The van der Waals surface area contributed by atoms with E-state index in [0.29, 0.717) is 6.04 Å². The molecule has 0 spiro atoms. The lowest BCUT2D eigenvalue weighted by Gasteiger charge is -2.03. The second-order valence-electron chi connectivity index (χ2n) is 5.18. The molecule has 0 saturated heterocycles. The lowest BCUT2D eigenvalue weighted by atomic mass is 10.1. The maximum atomic E-state index is 10.7. The summed E-state index contributed by atoms with van der Waals surface area (Å²) < 4.78 is 5.80. The van der Waals surface area contributed by atoms with Crippen LogP contribution in [0, 0.1) is 17.0 Å². The van der Waals surface area contributed by atoms with E-state index >= 15 is 0 Å². The zero-order valence-corrected chi connectivity index (χ0v) is 11.3. The van der Waals surface area contributed by atoms with Gasteiger partial charge in [-0.1, -0.05) is 0 Å². The summed E-state index contributed by atoms with van der Waals surface area (Å²) in [5.41, 5.74) is 1.84. The van der Waals surface area contributed by atoms with Gasteiger partial charge < -0.3 is 9.73 Å². The number of rotatable bonds is 5. The number of benzene rings is 1. The standard InChI is InChI=1S/C15H16N2O3/c1-10-8-12(17(18)19)4-6-14(10)15-7-5-13(20-15)9-16-11-2-3-11/h4-8,11,16H,2-3,9H2,1H3. The van der Waals surface area contributed by atoms with Crippen LogP contribution >= 0.6 is 0 Å². The number of nitro benzene ring substituents is 1. The Kier molecular flexibility index (Phi) is 3.28. The molecule has 5 heteroatoms. The number of aryl methyl sites for hydroxylation is 1. The van der Waals surface area contributed by atoms with Crippen LogP contribution in [0.5, 0.6) is 0 Å². The second-order valence-corrected chi connectivity index (χ2v) is 5.18. The Morgan fingerprint density at radius 2 is 2.15 bits per heavy atom. The van der Waals surface area contributed by atoms with Crippen molar-refractivity contribution >= 4 is 5.69 Å². The van der Waals surface area contributed by atoms with Crippen molar-refractivity contribution in [3.8, 4) is 11.3 Å². The lowest BCUT2D eigenvalue weighted by molar-refractivity contribution is -0.384. The molecule has 104 valence electrons. The zero-order valence-electron chi connectivity index (χ0n) is 11.3. The van der Waals surface area contributed by atoms with Crippen molar-refractivity contribution in [2.24, 2.45) is 0 Å². The number of nitrogens with one attached hydrogen (secondary N) is 1. The van der Waals surface area contributed by atoms with Crippen LogP contribution in [0.3, 0.4) is 0 Å². The van der Waals surface area contributed by atoms with E-state index in [1.807, 2.05) is 19.1 Å². The minimum atomic E-state index is -0.385. The summed E-state index contributed by atoms with van der Waals surface area (Å²) >= 11 is 0. The molecule has 1 aromatic heterocycles. The van der Waals surface area contributed by atoms with Gasteiger partial charge in [-0.15, -0.1) is 0 Å². The highest BCUT2D eigenvalue weighted by Crippen LogP contribution is 2.28. The molecule has 0 atom stereocenters. The van der Waals surface area contributed by atoms with Crippen molar-refractivity contribution in [2.45, 2.75) is 32.4 Å². The van der Waals surface area contributed by atoms with Crippen molar-refractivity contribution < 1.29 is 9.34 Å². The highest BCUT2D eigenvalue weighted by Gasteiger charge is 2.20. The van der Waals surface area contributed by atoms with Gasteiger partial charge in [0.15, 0.2) is 0 Å². The van der Waals surface area contributed by atoms with Gasteiger partial charge in [-0.05, 0) is 43.5 Å². The highest BCUT2D eigenvalue weighted by molar-refractivity contribution is 5.64. The molecule has 2 aromatic rings. The number of nitro groups is 1. The fraction of sp³-hybridized carbons (Fsp3) is 0.333. The first-order valence-corrected chi connectivity index (χ1v) is 6.71. The molecule has 1 N–H and O–H groups in total. The maximum absolute atomic E-state index is 10.7. The number of furan rings is 1. The van der Waals surface area contributed by atoms with Crippen molar-refractivity contribution in [1.82, 2.24) is 5.32 Å². The molecule has 0 radical (unpaired) electrons. The van der Waals surface area contributed by atoms with E-state index in [4.69, 9.17) is 4.42 Å². The Hall–Kier alpha value is -2.14. The molecule has 1 saturated carbocycles. The largest absolute Gasteiger partial charge is 0.460 e. The molecule has 1 aliphatic rings. The molecule has 1 heterocycles. The minimum Gasteiger partial charge on any atom is -0.460 e. The molecule has 1 aliphatic carbocycles. The number of hydrogen-bond acceptors (Lipinski definition) is 4. The Morgan fingerprint density at radius 1 is 1.35 bits per heavy atom. The van der Waals surface area contributed by atoms with Gasteiger partial charge in [0, 0.05) is 23.7 Å². The van der Waals surface area contributed by atoms with E-state index in [1.165, 1.54) is 18.9 Å². The zero-order chi connectivity index (χ0) is 14.1. The van der Waals surface area contributed by atoms with Crippen LogP contribution in [0.2, 0.25) is 0 Å². The van der Waals surface area contributed by atoms with E-state index in [2.05, 4.69) is 5.32 Å². The highest BCUT2D eigenvalue weighted by atomic mass is 16.6. The molecule has 0 unspecified atom stereocenters. The molecule has 3 rings (SSSR count). The van der Waals surface area contributed by atoms with Crippen LogP contribution in [0.4, 0.5) is 5.69 Å². The average Bonchev–Trinajstić information content (AvgIpc) is 3.14. The van der Waals surface area contributed by atoms with Crippen molar-refractivity contribution in [1.29, 1.82) is 0 Å². The van der Waals surface area contributed by atoms with Gasteiger partial charge in [0.1, 0.15) is 11.5 Å². The topological polar surface area (TPSA) is 68.3 Å². The molecular weight excluding hydrogens is 256 g/mol. The van der Waals surface area contributed by atoms with Crippen molar-refractivity contribution in [2.75, 3.05) is 0 Å². The molecule has 1 fully saturated rings. The summed E-state index contributed by atoms with van der Waals surface area (Å²) in [5.74, 6) is 1.65. The monoisotopic (exact) mass is 272 g/mol. The Labute approximate surface area is 116 Å². The summed E-state index contributed by atoms with van der Waals surface area (Å²) in [6.07, 6.45) is 2.49. The average molecular weight is 272 g/mol. The fourth-order valence-electron chi connectivity index (χ4n) is 2.19. The summed E-state index contributed by atoms with van der Waals surface area (Å²) in [4.78, 5) is 10.3. The quantitative estimate of drug-likeness (QED) is 0.669. The molecule has 0 bridgehead atoms. The van der Waals surface area contributed by atoms with E-state index in [-0.39, 0.29) is 10.6 Å². The Bertz CT molecular complexity index is 644. The summed E-state index contributed by atoms with van der Waals surface area (Å²) in [6, 6.07) is 9.32. The van der Waals surface area contributed by atoms with Gasteiger partial charge in [0.2, 0.25) is 0 Å². The molecule has 1 aromatic carbocycles. The van der Waals surface area contributed by atoms with E-state index in [1.54, 1.807) is 12.1 Å². The Balaban J connectivity index is 1.79. The third kappa shape index (κ3) is 2.72. The maximum Gasteiger partial charge on any atom is 0.269 e. The van der Waals surface area contributed by atoms with Gasteiger partial charge in [0.05, 0.1) is 11.5 Å². The van der Waals surface area contributed by atoms with E-state index in [0.717, 1.165) is 29.2 Å². The second kappa shape index (κ2) is 5.09. The molecule has 20 heavy (non-hydrogen) atoms. The summed E-state index contributed by atoms with van der Waals surface area (Å²) in [7, 11) is 0. The fourth-order valence-corrected chi connectivity index (χ4v) is 2.19. The van der Waals surface area contributed by atoms with Crippen LogP contribution in [0.25, 0.3) is 11.3 Å². The molecule has 0 aliphatic heterocycles. The number of hydrogen-bond donors (Lipinski definition) is 1. The minimum absolute atomic E-state index is 0.105. The first-order chi connectivity index (χ1) is 9.63. The summed E-state index contributed by atoms with van der Waals surface area (Å²) in [6.45, 7) is 2.59. The van der Waals surface area contributed by atoms with Gasteiger partial charge in [0.25, 0.3) is 5.69 Å². The van der Waals surface area contributed by atoms with Crippen LogP contribution in [0.15, 0.2) is 34.7 Å². The third-order valence-corrected chi connectivity index (χ3v) is 3.49. The number of non-ortho nitro benzene ring substituents is 1. The molecular formula is C15H16N2O3. The third-order valence-electron chi connectivity index (χ3n) is 3.49. The van der Waals surface area contributed by atoms with Crippen LogP contribution < -0.4 is 5.32 Å². The normalized spacial score (nSPS) is 14.4. The van der Waals surface area contributed by atoms with Crippen LogP contribution in [0.1, 0.15) is 24.2 Å². The smallest absolute Gasteiger partial charge is 0.269 e. The lowest BCUT2D eigenvalue weighted by Crippen LogP contribution is -2.14. The van der Waals surface area contributed by atoms with E-state index < -0.39 is 0 Å². The predicted octanol–water partition coefficient (Wildman–Crippen LogP) is 3.42. The first-order valence-electron chi connectivity index (χ1n) is 6.71. The van der Waals surface area contributed by atoms with Gasteiger partial charge in [-0.25, -0.2) is 0 Å². The van der Waals surface area contributed by atoms with Gasteiger partial charge >= 0.3 is 0 Å². The number of nitrogens with zero attached hydrogens (tertiary/aromatic N) is 1. The predicted molar refractivity (Wildman–Crippen MR) is 75.4 cm³/mol. The van der Waals surface area contributed by atoms with Gasteiger partial charge in [-0.2, -0.15) is 0 Å². The Morgan fingerprint density at radius 3 is 2.80 bits per heavy atom. The van der Waals surface area contributed by atoms with Crippen LogP contribution in [-0.2, 0) is 6.54 Å². The van der Waals surface area contributed by atoms with Crippen molar-refractivity contribution in [3.63, 3.8) is 0 Å². The van der Waals surface area contributed by atoms with Gasteiger partial charge in [-0.3, -0.25) is 10.1 Å².